The Morgan fingerprint density at radius 3 is 1.60 bits per heavy atom. The molecule has 0 unspecified atom stereocenters. The Hall–Kier alpha value is -3.93. The van der Waals surface area contributed by atoms with Crippen LogP contribution in [0, 0.1) is 0 Å². The molecule has 0 aliphatic heterocycles. The monoisotopic (exact) mass is 476 g/mol. The molecule has 6 heteroatoms. The summed E-state index contributed by atoms with van der Waals surface area (Å²) in [5.41, 5.74) is 5.02. The minimum atomic E-state index is 0.568. The Kier molecular flexibility index (Phi) is 8.79. The van der Waals surface area contributed by atoms with E-state index in [0.29, 0.717) is 17.2 Å². The summed E-state index contributed by atoms with van der Waals surface area (Å²) in [6.07, 6.45) is 9.02. The third-order valence-electron chi connectivity index (χ3n) is 5.94. The van der Waals surface area contributed by atoms with E-state index in [1.807, 2.05) is 49.5 Å². The topological polar surface area (TPSA) is 50.0 Å². The maximum absolute atomic E-state index is 5.72. The zero-order valence-corrected chi connectivity index (χ0v) is 21.5. The lowest BCUT2D eigenvalue weighted by Crippen LogP contribution is -2.35. The molecule has 0 amide bonds. The van der Waals surface area contributed by atoms with Crippen LogP contribution in [-0.2, 0) is 13.5 Å². The van der Waals surface area contributed by atoms with Crippen molar-refractivity contribution in [1.29, 1.82) is 0 Å². The zero-order valence-electron chi connectivity index (χ0n) is 21.5. The first-order chi connectivity index (χ1) is 17.0. The van der Waals surface area contributed by atoms with E-state index >= 15 is 0 Å². The predicted octanol–water partition coefficient (Wildman–Crippen LogP) is 5.46. The number of rotatable bonds is 10. The van der Waals surface area contributed by atoms with E-state index in [9.17, 15) is 0 Å². The first-order valence-corrected chi connectivity index (χ1v) is 11.4. The van der Waals surface area contributed by atoms with E-state index in [1.165, 1.54) is 0 Å². The van der Waals surface area contributed by atoms with E-state index in [2.05, 4.69) is 35.8 Å². The molecule has 0 aliphatic rings. The summed E-state index contributed by atoms with van der Waals surface area (Å²) >= 11 is 0. The molecule has 0 fully saturated rings. The van der Waals surface area contributed by atoms with Gasteiger partial charge < -0.3 is 23.7 Å². The molecule has 0 radical (unpaired) electrons. The lowest BCUT2D eigenvalue weighted by molar-refractivity contribution is -0.675. The number of pyridine rings is 1. The van der Waals surface area contributed by atoms with Gasteiger partial charge in [-0.3, -0.25) is 0 Å². The second-order valence-corrected chi connectivity index (χ2v) is 7.75. The fourth-order valence-electron chi connectivity index (χ4n) is 4.08. The lowest BCUT2D eigenvalue weighted by atomic mass is 10.0. The summed E-state index contributed by atoms with van der Waals surface area (Å²) < 4.78 is 29.8. The molecule has 35 heavy (non-hydrogen) atoms. The van der Waals surface area contributed by atoms with Crippen LogP contribution in [0.5, 0.6) is 28.7 Å². The molecular weight excluding hydrogens is 442 g/mol. The fourth-order valence-corrected chi connectivity index (χ4v) is 4.08. The molecule has 0 aliphatic carbocycles. The molecule has 0 saturated heterocycles. The number of benzene rings is 2. The maximum atomic E-state index is 5.72. The van der Waals surface area contributed by atoms with E-state index in [-0.39, 0.29) is 0 Å². The normalized spacial score (nSPS) is 11.2. The highest BCUT2D eigenvalue weighted by Crippen LogP contribution is 2.40. The molecule has 0 saturated carbocycles. The lowest BCUT2D eigenvalue weighted by Gasteiger charge is -2.14. The van der Waals surface area contributed by atoms with Crippen LogP contribution < -0.4 is 28.3 Å². The van der Waals surface area contributed by atoms with Crippen molar-refractivity contribution in [3.05, 3.63) is 70.5 Å². The minimum Gasteiger partial charge on any atom is -0.496 e. The number of hydrogen-bond acceptors (Lipinski definition) is 5. The summed E-state index contributed by atoms with van der Waals surface area (Å²) in [5, 5.41) is 0. The second-order valence-electron chi connectivity index (χ2n) is 7.75. The Balaban J connectivity index is 1.95. The van der Waals surface area contributed by atoms with Crippen molar-refractivity contribution in [2.24, 2.45) is 7.05 Å². The molecule has 0 spiro atoms. The summed E-state index contributed by atoms with van der Waals surface area (Å²) in [6, 6.07) is 14.0. The number of hydrogen-bond donors (Lipinski definition) is 0. The van der Waals surface area contributed by atoms with E-state index in [4.69, 9.17) is 23.7 Å². The molecule has 184 valence electrons. The van der Waals surface area contributed by atoms with Crippen LogP contribution in [-0.4, -0.2) is 35.5 Å². The highest BCUT2D eigenvalue weighted by atomic mass is 16.5. The van der Waals surface area contributed by atoms with Crippen molar-refractivity contribution in [3.63, 3.8) is 0 Å². The van der Waals surface area contributed by atoms with Crippen molar-refractivity contribution in [1.82, 2.24) is 0 Å². The smallest absolute Gasteiger partial charge is 0.205 e. The SMILES string of the molecule is CCc1c(OC)ccc(/C=C/c2cccc(/C=C/c3ccc(OC)c(OC)c3OC)[n+]2C)c1OC. The number of nitrogens with zero attached hydrogens (tertiary/aromatic N) is 1. The van der Waals surface area contributed by atoms with Gasteiger partial charge in [-0.25, -0.2) is 0 Å². The van der Waals surface area contributed by atoms with E-state index < -0.39 is 0 Å². The van der Waals surface area contributed by atoms with Gasteiger partial charge in [0.2, 0.25) is 17.1 Å². The molecule has 0 bridgehead atoms. The first-order valence-electron chi connectivity index (χ1n) is 11.4. The van der Waals surface area contributed by atoms with Crippen LogP contribution in [0.25, 0.3) is 24.3 Å². The molecular formula is C29H34NO5+. The van der Waals surface area contributed by atoms with Gasteiger partial charge in [0.15, 0.2) is 11.5 Å². The van der Waals surface area contributed by atoms with Gasteiger partial charge >= 0.3 is 0 Å². The van der Waals surface area contributed by atoms with Gasteiger partial charge in [0.05, 0.1) is 35.5 Å². The van der Waals surface area contributed by atoms with Crippen LogP contribution in [0.3, 0.4) is 0 Å². The molecule has 3 aromatic rings. The Morgan fingerprint density at radius 1 is 0.600 bits per heavy atom. The summed E-state index contributed by atoms with van der Waals surface area (Å²) in [7, 11) is 10.2. The third-order valence-corrected chi connectivity index (χ3v) is 5.94. The van der Waals surface area contributed by atoms with E-state index in [0.717, 1.165) is 46.0 Å². The van der Waals surface area contributed by atoms with Crippen LogP contribution >= 0.6 is 0 Å². The van der Waals surface area contributed by atoms with Gasteiger partial charge in [-0.05, 0) is 48.9 Å². The molecule has 1 aromatic heterocycles. The molecule has 0 atom stereocenters. The van der Waals surface area contributed by atoms with Gasteiger partial charge in [-0.2, -0.15) is 4.57 Å². The Bertz CT molecular complexity index is 1140. The molecule has 0 N–H and O–H groups in total. The third kappa shape index (κ3) is 5.43. The average molecular weight is 477 g/mol. The Morgan fingerprint density at radius 2 is 1.11 bits per heavy atom. The highest BCUT2D eigenvalue weighted by Gasteiger charge is 2.16. The number of ether oxygens (including phenoxy) is 5. The molecule has 1 heterocycles. The summed E-state index contributed by atoms with van der Waals surface area (Å²) in [5.74, 6) is 3.49. The summed E-state index contributed by atoms with van der Waals surface area (Å²) in [6.45, 7) is 2.09. The average Bonchev–Trinajstić information content (AvgIpc) is 2.90. The summed E-state index contributed by atoms with van der Waals surface area (Å²) in [4.78, 5) is 0. The van der Waals surface area contributed by atoms with Crippen LogP contribution in [0.1, 0.15) is 35.0 Å². The van der Waals surface area contributed by atoms with Gasteiger partial charge in [-0.15, -0.1) is 0 Å². The minimum absolute atomic E-state index is 0.568. The second kappa shape index (κ2) is 12.0. The fraction of sp³-hybridized carbons (Fsp3) is 0.276. The van der Waals surface area contributed by atoms with E-state index in [1.54, 1.807) is 35.5 Å². The predicted molar refractivity (Wildman–Crippen MR) is 140 cm³/mol. The van der Waals surface area contributed by atoms with Crippen molar-refractivity contribution in [2.45, 2.75) is 13.3 Å². The van der Waals surface area contributed by atoms with Gasteiger partial charge in [0.1, 0.15) is 18.5 Å². The first kappa shape index (κ1) is 25.7. The van der Waals surface area contributed by atoms with Crippen LogP contribution in [0.2, 0.25) is 0 Å². The number of aromatic nitrogens is 1. The standard InChI is InChI=1S/C29H34NO5/c1-8-24-25(31-3)18-14-20(27(24)33-5)12-16-22-10-9-11-23(30(22)2)17-13-21-15-19-26(32-4)29(35-7)28(21)34-6/h9-19H,8H2,1-7H3/q+1/b16-12+,17-13+. The quantitative estimate of drug-likeness (QED) is 0.364. The molecule has 3 rings (SSSR count). The van der Waals surface area contributed by atoms with Gasteiger partial charge in [0, 0.05) is 41.0 Å². The Labute approximate surface area is 208 Å². The highest BCUT2D eigenvalue weighted by molar-refractivity contribution is 5.75. The molecule has 6 nitrogen and oxygen atoms in total. The van der Waals surface area contributed by atoms with Crippen molar-refractivity contribution in [2.75, 3.05) is 35.5 Å². The largest absolute Gasteiger partial charge is 0.496 e. The van der Waals surface area contributed by atoms with Crippen molar-refractivity contribution < 1.29 is 28.3 Å². The number of methoxy groups -OCH3 is 5. The van der Waals surface area contributed by atoms with Gasteiger partial charge in [-0.1, -0.05) is 6.92 Å². The van der Waals surface area contributed by atoms with Crippen molar-refractivity contribution >= 4 is 24.3 Å². The van der Waals surface area contributed by atoms with Crippen molar-refractivity contribution in [3.8, 4) is 28.7 Å². The van der Waals surface area contributed by atoms with Gasteiger partial charge in [0.25, 0.3) is 0 Å². The maximum Gasteiger partial charge on any atom is 0.205 e. The van der Waals surface area contributed by atoms with Crippen LogP contribution in [0.4, 0.5) is 0 Å². The van der Waals surface area contributed by atoms with Crippen LogP contribution in [0.15, 0.2) is 42.5 Å². The molecule has 2 aromatic carbocycles. The zero-order chi connectivity index (χ0) is 25.4.